The topological polar surface area (TPSA) is 35.6 Å². The van der Waals surface area contributed by atoms with Crippen LogP contribution in [0.4, 0.5) is 0 Å². The fourth-order valence-corrected chi connectivity index (χ4v) is 3.53. The number of carbonyl (C=O) groups excluding carboxylic acids is 1. The van der Waals surface area contributed by atoms with E-state index in [1.807, 2.05) is 0 Å². The van der Waals surface area contributed by atoms with Crippen molar-refractivity contribution in [3.05, 3.63) is 0 Å². The number of rotatable bonds is 6. The van der Waals surface area contributed by atoms with Gasteiger partial charge in [0, 0.05) is 26.2 Å². The van der Waals surface area contributed by atoms with Gasteiger partial charge >= 0.3 is 0 Å². The minimum atomic E-state index is 0. The van der Waals surface area contributed by atoms with Crippen molar-refractivity contribution in [3.8, 4) is 0 Å². The number of hydrogen-bond donors (Lipinski definition) is 1. The molecule has 0 aromatic heterocycles. The maximum Gasteiger partial charge on any atom is 0.236 e. The standard InChI is InChI=1S/C16H31N3O.ClH/c1-12(2)7-19(8-13(3)4)16(20)11-18-9-14-5-17-6-15(14)10-18;/h12-15,17H,5-11H2,1-4H3;1H/t14-,15+;. The molecule has 0 aromatic carbocycles. The number of fused-ring (bicyclic) bond motifs is 1. The van der Waals surface area contributed by atoms with E-state index in [0.717, 1.165) is 51.1 Å². The Labute approximate surface area is 136 Å². The summed E-state index contributed by atoms with van der Waals surface area (Å²) < 4.78 is 0. The fraction of sp³-hybridized carbons (Fsp3) is 0.938. The lowest BCUT2D eigenvalue weighted by molar-refractivity contribution is -0.133. The third-order valence-corrected chi connectivity index (χ3v) is 4.35. The maximum atomic E-state index is 12.6. The Balaban J connectivity index is 0.00000220. The second-order valence-electron chi connectivity index (χ2n) is 7.46. The molecule has 0 radical (unpaired) electrons. The van der Waals surface area contributed by atoms with E-state index in [0.29, 0.717) is 24.3 Å². The lowest BCUT2D eigenvalue weighted by Crippen LogP contribution is -2.43. The van der Waals surface area contributed by atoms with E-state index in [9.17, 15) is 4.79 Å². The molecule has 2 heterocycles. The van der Waals surface area contributed by atoms with Gasteiger partial charge in [-0.1, -0.05) is 27.7 Å². The summed E-state index contributed by atoms with van der Waals surface area (Å²) in [6.07, 6.45) is 0. The molecule has 0 spiro atoms. The summed E-state index contributed by atoms with van der Waals surface area (Å²) >= 11 is 0. The van der Waals surface area contributed by atoms with Gasteiger partial charge in [-0.05, 0) is 36.8 Å². The van der Waals surface area contributed by atoms with Crippen LogP contribution in [0.1, 0.15) is 27.7 Å². The first-order valence-corrected chi connectivity index (χ1v) is 8.16. The highest BCUT2D eigenvalue weighted by Gasteiger charge is 2.36. The smallest absolute Gasteiger partial charge is 0.236 e. The maximum absolute atomic E-state index is 12.6. The lowest BCUT2D eigenvalue weighted by Gasteiger charge is -2.28. The van der Waals surface area contributed by atoms with Gasteiger partial charge in [0.25, 0.3) is 0 Å². The average molecular weight is 318 g/mol. The summed E-state index contributed by atoms with van der Waals surface area (Å²) in [4.78, 5) is 17.0. The number of hydrogen-bond acceptors (Lipinski definition) is 3. The minimum Gasteiger partial charge on any atom is -0.341 e. The molecule has 2 rings (SSSR count). The Hall–Kier alpha value is -0.320. The normalized spacial score (nSPS) is 25.2. The van der Waals surface area contributed by atoms with Gasteiger partial charge < -0.3 is 10.2 Å². The second-order valence-corrected chi connectivity index (χ2v) is 7.46. The number of carbonyl (C=O) groups is 1. The van der Waals surface area contributed by atoms with Gasteiger partial charge in [0.15, 0.2) is 0 Å². The third kappa shape index (κ3) is 5.42. The first kappa shape index (κ1) is 18.7. The van der Waals surface area contributed by atoms with Crippen LogP contribution in [-0.4, -0.2) is 61.5 Å². The molecule has 124 valence electrons. The van der Waals surface area contributed by atoms with Crippen molar-refractivity contribution in [2.75, 3.05) is 45.8 Å². The fourth-order valence-electron chi connectivity index (χ4n) is 3.53. The zero-order valence-corrected chi connectivity index (χ0v) is 14.8. The summed E-state index contributed by atoms with van der Waals surface area (Å²) in [6.45, 7) is 15.6. The molecule has 0 aromatic rings. The van der Waals surface area contributed by atoms with Crippen molar-refractivity contribution in [2.24, 2.45) is 23.7 Å². The van der Waals surface area contributed by atoms with Crippen molar-refractivity contribution >= 4 is 18.3 Å². The van der Waals surface area contributed by atoms with Crippen molar-refractivity contribution in [1.82, 2.24) is 15.1 Å². The summed E-state index contributed by atoms with van der Waals surface area (Å²) in [5.41, 5.74) is 0. The Morgan fingerprint density at radius 1 is 1.10 bits per heavy atom. The highest BCUT2D eigenvalue weighted by Crippen LogP contribution is 2.26. The van der Waals surface area contributed by atoms with E-state index in [4.69, 9.17) is 0 Å². The van der Waals surface area contributed by atoms with E-state index in [2.05, 4.69) is 42.8 Å². The monoisotopic (exact) mass is 317 g/mol. The molecule has 0 unspecified atom stereocenters. The lowest BCUT2D eigenvalue weighted by atomic mass is 10.0. The van der Waals surface area contributed by atoms with Crippen LogP contribution in [-0.2, 0) is 4.79 Å². The Bertz CT molecular complexity index is 313. The van der Waals surface area contributed by atoms with Crippen molar-refractivity contribution in [3.63, 3.8) is 0 Å². The predicted octanol–water partition coefficient (Wildman–Crippen LogP) is 1.70. The quantitative estimate of drug-likeness (QED) is 0.810. The van der Waals surface area contributed by atoms with Crippen LogP contribution < -0.4 is 5.32 Å². The van der Waals surface area contributed by atoms with Crippen LogP contribution in [0.25, 0.3) is 0 Å². The molecular formula is C16H32ClN3O. The molecule has 4 nitrogen and oxygen atoms in total. The molecule has 2 fully saturated rings. The molecule has 1 amide bonds. The molecule has 2 aliphatic heterocycles. The summed E-state index contributed by atoms with van der Waals surface area (Å²) in [5, 5.41) is 3.45. The van der Waals surface area contributed by atoms with Crippen LogP contribution in [0.15, 0.2) is 0 Å². The highest BCUT2D eigenvalue weighted by molar-refractivity contribution is 5.85. The molecule has 0 aliphatic carbocycles. The van der Waals surface area contributed by atoms with Crippen LogP contribution in [0.5, 0.6) is 0 Å². The van der Waals surface area contributed by atoms with E-state index in [1.165, 1.54) is 0 Å². The first-order valence-electron chi connectivity index (χ1n) is 8.16. The van der Waals surface area contributed by atoms with Gasteiger partial charge in [0.05, 0.1) is 6.54 Å². The molecule has 21 heavy (non-hydrogen) atoms. The summed E-state index contributed by atoms with van der Waals surface area (Å²) in [7, 11) is 0. The second kappa shape index (κ2) is 8.35. The number of nitrogens with zero attached hydrogens (tertiary/aromatic N) is 2. The number of halogens is 1. The number of amides is 1. The van der Waals surface area contributed by atoms with E-state index < -0.39 is 0 Å². The Morgan fingerprint density at radius 3 is 2.00 bits per heavy atom. The van der Waals surface area contributed by atoms with E-state index in [-0.39, 0.29) is 12.4 Å². The first-order chi connectivity index (χ1) is 9.45. The van der Waals surface area contributed by atoms with Crippen LogP contribution in [0, 0.1) is 23.7 Å². The highest BCUT2D eigenvalue weighted by atomic mass is 35.5. The summed E-state index contributed by atoms with van der Waals surface area (Å²) in [6, 6.07) is 0. The zero-order valence-electron chi connectivity index (χ0n) is 14.0. The predicted molar refractivity (Wildman–Crippen MR) is 89.8 cm³/mol. The van der Waals surface area contributed by atoms with Crippen LogP contribution in [0.2, 0.25) is 0 Å². The minimum absolute atomic E-state index is 0. The molecule has 2 atom stereocenters. The third-order valence-electron chi connectivity index (χ3n) is 4.35. The molecule has 0 saturated carbocycles. The SMILES string of the molecule is CC(C)CN(CC(C)C)C(=O)CN1C[C@H]2CNC[C@H]2C1.Cl. The van der Waals surface area contributed by atoms with Crippen LogP contribution >= 0.6 is 12.4 Å². The number of nitrogens with one attached hydrogen (secondary N) is 1. The largest absolute Gasteiger partial charge is 0.341 e. The molecule has 2 saturated heterocycles. The van der Waals surface area contributed by atoms with Gasteiger partial charge in [-0.15, -0.1) is 12.4 Å². The molecule has 1 N–H and O–H groups in total. The van der Waals surface area contributed by atoms with Gasteiger partial charge in [0.2, 0.25) is 5.91 Å². The van der Waals surface area contributed by atoms with Crippen LogP contribution in [0.3, 0.4) is 0 Å². The van der Waals surface area contributed by atoms with Gasteiger partial charge in [0.1, 0.15) is 0 Å². The van der Waals surface area contributed by atoms with Crippen molar-refractivity contribution in [2.45, 2.75) is 27.7 Å². The molecule has 5 heteroatoms. The average Bonchev–Trinajstić information content (AvgIpc) is 2.87. The van der Waals surface area contributed by atoms with Gasteiger partial charge in [-0.25, -0.2) is 0 Å². The molecule has 0 bridgehead atoms. The zero-order chi connectivity index (χ0) is 14.7. The molecular weight excluding hydrogens is 286 g/mol. The van der Waals surface area contributed by atoms with E-state index >= 15 is 0 Å². The molecule has 2 aliphatic rings. The Morgan fingerprint density at radius 2 is 1.57 bits per heavy atom. The van der Waals surface area contributed by atoms with Crippen molar-refractivity contribution in [1.29, 1.82) is 0 Å². The van der Waals surface area contributed by atoms with Gasteiger partial charge in [-0.2, -0.15) is 0 Å². The van der Waals surface area contributed by atoms with Crippen molar-refractivity contribution < 1.29 is 4.79 Å². The summed E-state index contributed by atoms with van der Waals surface area (Å²) in [5.74, 6) is 2.94. The number of likely N-dealkylation sites (tertiary alicyclic amines) is 1. The Kier molecular flexibility index (Phi) is 7.45. The van der Waals surface area contributed by atoms with E-state index in [1.54, 1.807) is 0 Å². The van der Waals surface area contributed by atoms with Gasteiger partial charge in [-0.3, -0.25) is 9.69 Å².